The molecule has 1 aromatic carbocycles. The summed E-state index contributed by atoms with van der Waals surface area (Å²) in [7, 11) is 0. The van der Waals surface area contributed by atoms with Crippen molar-refractivity contribution in [1.82, 2.24) is 0 Å². The van der Waals surface area contributed by atoms with Crippen molar-refractivity contribution in [3.8, 4) is 0 Å². The van der Waals surface area contributed by atoms with E-state index >= 15 is 0 Å². The maximum Gasteiger partial charge on any atom is 0.141 e. The fourth-order valence-electron chi connectivity index (χ4n) is 3.70. The second-order valence-electron chi connectivity index (χ2n) is 11.0. The normalized spacial score (nSPS) is 15.7. The van der Waals surface area contributed by atoms with Gasteiger partial charge in [0.15, 0.2) is 0 Å². The summed E-state index contributed by atoms with van der Waals surface area (Å²) in [4.78, 5) is 13.0. The Morgan fingerprint density at radius 2 is 1.36 bits per heavy atom. The van der Waals surface area contributed by atoms with Gasteiger partial charge in [-0.05, 0) is 41.6 Å². The molecule has 142 valence electrons. The third-order valence-corrected chi connectivity index (χ3v) is 5.03. The summed E-state index contributed by atoms with van der Waals surface area (Å²) in [5.41, 5.74) is 1.43. The molecule has 0 amide bonds. The summed E-state index contributed by atoms with van der Waals surface area (Å²) in [5, 5.41) is 0. The fraction of sp³-hybridized carbons (Fsp3) is 0.708. The van der Waals surface area contributed by atoms with Gasteiger partial charge in [0, 0.05) is 11.3 Å². The lowest BCUT2D eigenvalue weighted by molar-refractivity contribution is -0.134. The summed E-state index contributed by atoms with van der Waals surface area (Å²) in [6.45, 7) is 19.7. The predicted molar refractivity (Wildman–Crippen MR) is 110 cm³/mol. The minimum absolute atomic E-state index is 0.00728. The van der Waals surface area contributed by atoms with Crippen molar-refractivity contribution < 1.29 is 4.79 Å². The van der Waals surface area contributed by atoms with Crippen LogP contribution in [0.1, 0.15) is 93.1 Å². The second-order valence-corrected chi connectivity index (χ2v) is 11.0. The van der Waals surface area contributed by atoms with Crippen LogP contribution in [0.3, 0.4) is 0 Å². The molecule has 0 heterocycles. The average molecular weight is 345 g/mol. The maximum absolute atomic E-state index is 13.0. The monoisotopic (exact) mass is 344 g/mol. The second kappa shape index (κ2) is 8.06. The number of Topliss-reactive ketones (excluding diaryl/α,β-unsaturated/α-hetero) is 1. The van der Waals surface area contributed by atoms with Crippen LogP contribution in [0.4, 0.5) is 0 Å². The quantitative estimate of drug-likeness (QED) is 0.530. The van der Waals surface area contributed by atoms with Crippen LogP contribution in [0.25, 0.3) is 0 Å². The van der Waals surface area contributed by atoms with Crippen LogP contribution in [0.15, 0.2) is 30.3 Å². The number of rotatable bonds is 6. The summed E-state index contributed by atoms with van der Waals surface area (Å²) < 4.78 is 0. The van der Waals surface area contributed by atoms with Gasteiger partial charge in [-0.25, -0.2) is 0 Å². The molecule has 0 fully saturated rings. The standard InChI is InChI=1S/C24H40O/c1-22(2,3)17-19(18-13-11-10-12-14-18)15-16-20(23(4,5)6)21(25)24(7,8)9/h10-14,19-20H,15-17H2,1-9H3. The molecule has 1 aromatic rings. The van der Waals surface area contributed by atoms with Gasteiger partial charge in [0.1, 0.15) is 5.78 Å². The minimum Gasteiger partial charge on any atom is -0.299 e. The van der Waals surface area contributed by atoms with E-state index in [1.54, 1.807) is 0 Å². The number of carbonyl (C=O) groups is 1. The van der Waals surface area contributed by atoms with Gasteiger partial charge in [-0.15, -0.1) is 0 Å². The third-order valence-electron chi connectivity index (χ3n) is 5.03. The van der Waals surface area contributed by atoms with E-state index in [0.717, 1.165) is 19.3 Å². The molecular weight excluding hydrogens is 304 g/mol. The van der Waals surface area contributed by atoms with Crippen molar-refractivity contribution in [3.63, 3.8) is 0 Å². The van der Waals surface area contributed by atoms with Crippen molar-refractivity contribution in [2.45, 2.75) is 87.5 Å². The van der Waals surface area contributed by atoms with E-state index in [1.165, 1.54) is 5.56 Å². The number of carbonyl (C=O) groups excluding carboxylic acids is 1. The molecule has 1 heteroatoms. The largest absolute Gasteiger partial charge is 0.299 e. The first kappa shape index (κ1) is 21.9. The van der Waals surface area contributed by atoms with Gasteiger partial charge in [-0.1, -0.05) is 92.6 Å². The van der Waals surface area contributed by atoms with Crippen LogP contribution >= 0.6 is 0 Å². The third kappa shape index (κ3) is 7.34. The van der Waals surface area contributed by atoms with Gasteiger partial charge in [0.25, 0.3) is 0 Å². The van der Waals surface area contributed by atoms with E-state index in [0.29, 0.717) is 11.7 Å². The van der Waals surface area contributed by atoms with Crippen LogP contribution in [0, 0.1) is 22.2 Å². The highest BCUT2D eigenvalue weighted by Gasteiger charge is 2.37. The molecule has 0 saturated carbocycles. The van der Waals surface area contributed by atoms with Crippen LogP contribution in [-0.4, -0.2) is 5.78 Å². The summed E-state index contributed by atoms with van der Waals surface area (Å²) in [6, 6.07) is 10.8. The van der Waals surface area contributed by atoms with Crippen molar-refractivity contribution in [2.75, 3.05) is 0 Å². The number of hydrogen-bond acceptors (Lipinski definition) is 1. The fourth-order valence-corrected chi connectivity index (χ4v) is 3.70. The van der Waals surface area contributed by atoms with Crippen LogP contribution in [0.5, 0.6) is 0 Å². The molecule has 0 aliphatic heterocycles. The smallest absolute Gasteiger partial charge is 0.141 e. The predicted octanol–water partition coefficient (Wildman–Crippen LogP) is 7.26. The first-order valence-electron chi connectivity index (χ1n) is 9.81. The van der Waals surface area contributed by atoms with Gasteiger partial charge in [0.05, 0.1) is 0 Å². The Morgan fingerprint density at radius 1 is 0.840 bits per heavy atom. The zero-order valence-electron chi connectivity index (χ0n) is 18.1. The van der Waals surface area contributed by atoms with E-state index in [2.05, 4.69) is 92.6 Å². The van der Waals surface area contributed by atoms with Gasteiger partial charge in [0.2, 0.25) is 0 Å². The van der Waals surface area contributed by atoms with Gasteiger partial charge in [-0.2, -0.15) is 0 Å². The Hall–Kier alpha value is -1.11. The lowest BCUT2D eigenvalue weighted by Crippen LogP contribution is -2.36. The number of benzene rings is 1. The maximum atomic E-state index is 13.0. The molecule has 1 rings (SSSR count). The molecule has 0 radical (unpaired) electrons. The first-order chi connectivity index (χ1) is 11.2. The van der Waals surface area contributed by atoms with E-state index < -0.39 is 0 Å². The molecule has 2 atom stereocenters. The molecular formula is C24H40O. The van der Waals surface area contributed by atoms with Crippen LogP contribution in [0.2, 0.25) is 0 Å². The van der Waals surface area contributed by atoms with Crippen molar-refractivity contribution >= 4 is 5.78 Å². The Morgan fingerprint density at radius 3 is 1.76 bits per heavy atom. The Kier molecular flexibility index (Phi) is 7.07. The molecule has 0 N–H and O–H groups in total. The molecule has 1 nitrogen and oxygen atoms in total. The lowest BCUT2D eigenvalue weighted by atomic mass is 9.67. The van der Waals surface area contributed by atoms with Crippen molar-refractivity contribution in [2.24, 2.45) is 22.2 Å². The highest BCUT2D eigenvalue weighted by molar-refractivity contribution is 5.86. The highest BCUT2D eigenvalue weighted by Crippen LogP contribution is 2.40. The van der Waals surface area contributed by atoms with E-state index in [1.807, 2.05) is 0 Å². The topological polar surface area (TPSA) is 17.1 Å². The lowest BCUT2D eigenvalue weighted by Gasteiger charge is -2.36. The number of hydrogen-bond donors (Lipinski definition) is 0. The SMILES string of the molecule is CC(C)(C)CC(CCC(C(=O)C(C)(C)C)C(C)(C)C)c1ccccc1. The Labute approximate surface area is 156 Å². The summed E-state index contributed by atoms with van der Waals surface area (Å²) in [6.07, 6.45) is 3.19. The number of ketones is 1. The van der Waals surface area contributed by atoms with Crippen LogP contribution < -0.4 is 0 Å². The van der Waals surface area contributed by atoms with E-state index in [9.17, 15) is 4.79 Å². The van der Waals surface area contributed by atoms with Crippen molar-refractivity contribution in [3.05, 3.63) is 35.9 Å². The molecule has 0 aliphatic rings. The molecule has 2 unspecified atom stereocenters. The van der Waals surface area contributed by atoms with Gasteiger partial charge in [-0.3, -0.25) is 4.79 Å². The van der Waals surface area contributed by atoms with E-state index in [4.69, 9.17) is 0 Å². The molecule has 0 bridgehead atoms. The minimum atomic E-state index is -0.274. The molecule has 0 saturated heterocycles. The van der Waals surface area contributed by atoms with Crippen molar-refractivity contribution in [1.29, 1.82) is 0 Å². The van der Waals surface area contributed by atoms with Crippen LogP contribution in [-0.2, 0) is 4.79 Å². The van der Waals surface area contributed by atoms with Gasteiger partial charge >= 0.3 is 0 Å². The first-order valence-corrected chi connectivity index (χ1v) is 9.81. The van der Waals surface area contributed by atoms with E-state index in [-0.39, 0.29) is 22.2 Å². The zero-order chi connectivity index (χ0) is 19.5. The molecule has 0 aliphatic carbocycles. The highest BCUT2D eigenvalue weighted by atomic mass is 16.1. The molecule has 0 spiro atoms. The summed E-state index contributed by atoms with van der Waals surface area (Å²) >= 11 is 0. The zero-order valence-corrected chi connectivity index (χ0v) is 18.1. The Bertz CT molecular complexity index is 534. The molecule has 0 aromatic heterocycles. The molecule has 25 heavy (non-hydrogen) atoms. The average Bonchev–Trinajstić information content (AvgIpc) is 2.43. The Balaban J connectivity index is 3.00. The van der Waals surface area contributed by atoms with Gasteiger partial charge < -0.3 is 0 Å². The summed E-state index contributed by atoms with van der Waals surface area (Å²) in [5.74, 6) is 1.03.